The van der Waals surface area contributed by atoms with Gasteiger partial charge in [0.15, 0.2) is 0 Å². The summed E-state index contributed by atoms with van der Waals surface area (Å²) in [4.78, 5) is 42.5. The number of hydrogen-bond donors (Lipinski definition) is 3. The van der Waals surface area contributed by atoms with Crippen LogP contribution in [0.3, 0.4) is 0 Å². The lowest BCUT2D eigenvalue weighted by Gasteiger charge is -2.31. The van der Waals surface area contributed by atoms with Gasteiger partial charge in [0.05, 0.1) is 42.5 Å². The fraction of sp³-hybridized carbons (Fsp3) is 0.367. The highest BCUT2D eigenvalue weighted by atomic mass is 32.2. The standard InChI is InChI=1S/C30H34N6O6S/c1-34-21-28(38)36(14-13-35-15-17-42-18-16-35)12-10-27(37)31-11-4-6-22-5-2-9-26-29(22)25(30(39)33-26)20-32-23-7-3-8-24(19-23)43(34,40)41/h2-3,5,7-9,19-20,32H,10-18,21H2,1H3,(H,31,37)(H,33,39)/b25-20-. The fourth-order valence-electron chi connectivity index (χ4n) is 5.00. The second kappa shape index (κ2) is 13.4. The topological polar surface area (TPSA) is 140 Å². The number of nitrogens with zero attached hydrogens (tertiary/aromatic N) is 3. The summed E-state index contributed by atoms with van der Waals surface area (Å²) in [5.41, 5.74) is 2.61. The number of benzene rings is 2. The summed E-state index contributed by atoms with van der Waals surface area (Å²) in [5, 5.41) is 8.62. The van der Waals surface area contributed by atoms with Gasteiger partial charge in [0.25, 0.3) is 5.91 Å². The third-order valence-corrected chi connectivity index (χ3v) is 9.26. The Labute approximate surface area is 251 Å². The Bertz CT molecular complexity index is 1610. The second-order valence-electron chi connectivity index (χ2n) is 10.3. The zero-order valence-corrected chi connectivity index (χ0v) is 24.7. The first-order chi connectivity index (χ1) is 20.7. The van der Waals surface area contributed by atoms with Crippen molar-refractivity contribution in [3.8, 4) is 11.8 Å². The highest BCUT2D eigenvalue weighted by molar-refractivity contribution is 7.89. The summed E-state index contributed by atoms with van der Waals surface area (Å²) in [7, 11) is -2.68. The van der Waals surface area contributed by atoms with E-state index in [0.717, 1.165) is 17.4 Å². The van der Waals surface area contributed by atoms with Crippen LogP contribution in [0.15, 0.2) is 53.6 Å². The summed E-state index contributed by atoms with van der Waals surface area (Å²) in [6.45, 7) is 3.46. The molecule has 2 aromatic carbocycles. The van der Waals surface area contributed by atoms with Crippen LogP contribution < -0.4 is 16.0 Å². The number of ether oxygens (including phenoxy) is 1. The monoisotopic (exact) mass is 606 g/mol. The number of carbonyl (C=O) groups is 3. The van der Waals surface area contributed by atoms with Crippen molar-refractivity contribution >= 4 is 44.7 Å². The Kier molecular flexibility index (Phi) is 9.42. The molecule has 3 amide bonds. The van der Waals surface area contributed by atoms with Crippen LogP contribution in [-0.4, -0.2) is 106 Å². The molecule has 43 heavy (non-hydrogen) atoms. The van der Waals surface area contributed by atoms with Crippen LogP contribution >= 0.6 is 0 Å². The van der Waals surface area contributed by atoms with Crippen LogP contribution in [0.1, 0.15) is 17.5 Å². The lowest BCUT2D eigenvalue weighted by atomic mass is 10.0. The molecule has 1 fully saturated rings. The smallest absolute Gasteiger partial charge is 0.257 e. The molecule has 3 aliphatic heterocycles. The Morgan fingerprint density at radius 1 is 1.00 bits per heavy atom. The molecule has 3 N–H and O–H groups in total. The van der Waals surface area contributed by atoms with Crippen LogP contribution in [0.4, 0.5) is 11.4 Å². The molecule has 5 rings (SSSR count). The van der Waals surface area contributed by atoms with E-state index in [9.17, 15) is 22.8 Å². The van der Waals surface area contributed by atoms with Gasteiger partial charge in [-0.25, -0.2) is 8.42 Å². The third-order valence-electron chi connectivity index (χ3n) is 7.46. The number of fused-ring (bicyclic) bond motifs is 2. The summed E-state index contributed by atoms with van der Waals surface area (Å²) < 4.78 is 33.4. The van der Waals surface area contributed by atoms with Gasteiger partial charge in [-0.05, 0) is 30.3 Å². The van der Waals surface area contributed by atoms with Crippen molar-refractivity contribution < 1.29 is 27.5 Å². The molecule has 12 nitrogen and oxygen atoms in total. The SMILES string of the molecule is CN1CC(=O)N(CCN2CCOCC2)CCC(=O)NCC#Cc2cccc3c2/C(=C/Nc2cccc(c2)S1(=O)=O)C(=O)N3. The lowest BCUT2D eigenvalue weighted by Crippen LogP contribution is -2.47. The van der Waals surface area contributed by atoms with Gasteiger partial charge >= 0.3 is 0 Å². The van der Waals surface area contributed by atoms with E-state index in [0.29, 0.717) is 54.4 Å². The molecule has 0 radical (unpaired) electrons. The van der Waals surface area contributed by atoms with Crippen molar-refractivity contribution in [3.63, 3.8) is 0 Å². The Morgan fingerprint density at radius 3 is 2.60 bits per heavy atom. The van der Waals surface area contributed by atoms with Gasteiger partial charge < -0.3 is 25.6 Å². The average molecular weight is 607 g/mol. The molecular weight excluding hydrogens is 572 g/mol. The molecule has 0 aromatic heterocycles. The van der Waals surface area contributed by atoms with E-state index in [-0.39, 0.29) is 42.8 Å². The van der Waals surface area contributed by atoms with Crippen molar-refractivity contribution in [1.82, 2.24) is 19.4 Å². The first-order valence-electron chi connectivity index (χ1n) is 14.0. The van der Waals surface area contributed by atoms with E-state index in [4.69, 9.17) is 4.74 Å². The van der Waals surface area contributed by atoms with Crippen LogP contribution in [0.2, 0.25) is 0 Å². The zero-order chi connectivity index (χ0) is 30.4. The zero-order valence-electron chi connectivity index (χ0n) is 23.9. The first-order valence-corrected chi connectivity index (χ1v) is 15.5. The predicted molar refractivity (Wildman–Crippen MR) is 161 cm³/mol. The molecule has 0 unspecified atom stereocenters. The van der Waals surface area contributed by atoms with E-state index in [1.165, 1.54) is 30.3 Å². The normalized spacial score (nSPS) is 21.3. The number of amides is 3. The number of rotatable bonds is 3. The third kappa shape index (κ3) is 7.23. The molecule has 226 valence electrons. The maximum Gasteiger partial charge on any atom is 0.257 e. The molecular formula is C30H34N6O6S. The molecule has 13 heteroatoms. The fourth-order valence-corrected chi connectivity index (χ4v) is 6.17. The molecule has 3 heterocycles. The Hall–Kier alpha value is -4.22. The predicted octanol–water partition coefficient (Wildman–Crippen LogP) is 0.744. The molecule has 0 spiro atoms. The summed E-state index contributed by atoms with van der Waals surface area (Å²) in [5.74, 6) is 4.98. The summed E-state index contributed by atoms with van der Waals surface area (Å²) in [6, 6.07) is 11.5. The van der Waals surface area contributed by atoms with Gasteiger partial charge in [-0.3, -0.25) is 19.3 Å². The minimum Gasteiger partial charge on any atom is -0.379 e. The van der Waals surface area contributed by atoms with Crippen LogP contribution in [-0.2, 0) is 29.1 Å². The molecule has 2 bridgehead atoms. The number of carbonyl (C=O) groups excluding carboxylic acids is 3. The van der Waals surface area contributed by atoms with E-state index in [1.807, 2.05) is 0 Å². The molecule has 3 aliphatic rings. The van der Waals surface area contributed by atoms with E-state index in [1.54, 1.807) is 30.3 Å². The van der Waals surface area contributed by atoms with E-state index < -0.39 is 15.9 Å². The number of morpholine rings is 1. The van der Waals surface area contributed by atoms with Gasteiger partial charge in [-0.15, -0.1) is 0 Å². The number of nitrogens with one attached hydrogen (secondary N) is 3. The van der Waals surface area contributed by atoms with E-state index >= 15 is 0 Å². The van der Waals surface area contributed by atoms with Crippen molar-refractivity contribution in [2.24, 2.45) is 0 Å². The highest BCUT2D eigenvalue weighted by Crippen LogP contribution is 2.34. The van der Waals surface area contributed by atoms with E-state index in [2.05, 4.69) is 32.7 Å². The van der Waals surface area contributed by atoms with Crippen LogP contribution in [0.25, 0.3) is 5.57 Å². The maximum atomic E-state index is 13.5. The van der Waals surface area contributed by atoms with Gasteiger partial charge in [0, 0.05) is 69.2 Å². The van der Waals surface area contributed by atoms with Crippen molar-refractivity contribution in [1.29, 1.82) is 0 Å². The number of anilines is 2. The first kappa shape index (κ1) is 30.2. The number of sulfonamides is 1. The maximum absolute atomic E-state index is 13.5. The largest absolute Gasteiger partial charge is 0.379 e. The molecule has 1 saturated heterocycles. The van der Waals surface area contributed by atoms with Crippen molar-refractivity contribution in [2.75, 3.05) is 76.7 Å². The summed E-state index contributed by atoms with van der Waals surface area (Å²) in [6.07, 6.45) is 1.55. The quantitative estimate of drug-likeness (QED) is 0.435. The van der Waals surface area contributed by atoms with Gasteiger partial charge in [0.1, 0.15) is 0 Å². The number of likely N-dealkylation sites (N-methyl/N-ethyl adjacent to an activating group) is 1. The number of hydrogen-bond acceptors (Lipinski definition) is 8. The van der Waals surface area contributed by atoms with Crippen LogP contribution in [0, 0.1) is 11.8 Å². The Balaban J connectivity index is 1.44. The molecule has 0 atom stereocenters. The van der Waals surface area contributed by atoms with Crippen molar-refractivity contribution in [2.45, 2.75) is 11.3 Å². The van der Waals surface area contributed by atoms with Gasteiger partial charge in [-0.1, -0.05) is 24.0 Å². The minimum atomic E-state index is -4.04. The van der Waals surface area contributed by atoms with Crippen LogP contribution in [0.5, 0.6) is 0 Å². The molecule has 2 aromatic rings. The van der Waals surface area contributed by atoms with Crippen molar-refractivity contribution in [3.05, 3.63) is 59.8 Å². The van der Waals surface area contributed by atoms with Gasteiger partial charge in [0.2, 0.25) is 21.8 Å². The average Bonchev–Trinajstić information content (AvgIpc) is 3.33. The lowest BCUT2D eigenvalue weighted by molar-refractivity contribution is -0.132. The minimum absolute atomic E-state index is 0.0114. The summed E-state index contributed by atoms with van der Waals surface area (Å²) >= 11 is 0. The van der Waals surface area contributed by atoms with Gasteiger partial charge in [-0.2, -0.15) is 4.31 Å². The Morgan fingerprint density at radius 2 is 1.79 bits per heavy atom. The highest BCUT2D eigenvalue weighted by Gasteiger charge is 2.28. The molecule has 0 aliphatic carbocycles. The molecule has 0 saturated carbocycles. The second-order valence-corrected chi connectivity index (χ2v) is 12.4.